The molecule has 0 aromatic heterocycles. The average molecular weight is 399 g/mol. The summed E-state index contributed by atoms with van der Waals surface area (Å²) in [7, 11) is -2.30. The van der Waals surface area contributed by atoms with Crippen LogP contribution in [0.25, 0.3) is 0 Å². The van der Waals surface area contributed by atoms with Crippen LogP contribution in [0, 0.1) is 0 Å². The molecular formula is C14H21Cl2N2O5P. The molecule has 24 heavy (non-hydrogen) atoms. The molecule has 0 saturated heterocycles. The average Bonchev–Trinajstić information content (AvgIpc) is 2.42. The third-order valence-electron chi connectivity index (χ3n) is 2.67. The molecule has 0 spiro atoms. The lowest BCUT2D eigenvalue weighted by Gasteiger charge is -2.24. The molecule has 1 aromatic rings. The lowest BCUT2D eigenvalue weighted by atomic mass is 10.3. The maximum atomic E-state index is 13.0. The summed E-state index contributed by atoms with van der Waals surface area (Å²) >= 11 is 11.9. The molecule has 1 unspecified atom stereocenters. The number of ether oxygens (including phenoxy) is 2. The van der Waals surface area contributed by atoms with Gasteiger partial charge in [-0.15, -0.1) is 0 Å². The van der Waals surface area contributed by atoms with Crippen LogP contribution < -0.4 is 15.3 Å². The number of benzene rings is 1. The number of anilines is 1. The summed E-state index contributed by atoms with van der Waals surface area (Å²) in [6, 6.07) is 1.93. The van der Waals surface area contributed by atoms with Crippen LogP contribution in [0.15, 0.2) is 12.1 Å². The number of nitrogens with two attached hydrogens (primary N) is 1. The van der Waals surface area contributed by atoms with Gasteiger partial charge in [-0.25, -0.2) is 5.09 Å². The van der Waals surface area contributed by atoms with E-state index in [1.54, 1.807) is 13.8 Å². The number of methoxy groups -OCH3 is 1. The Balaban J connectivity index is 3.00. The van der Waals surface area contributed by atoms with E-state index in [1.807, 2.05) is 0 Å². The van der Waals surface area contributed by atoms with Gasteiger partial charge in [-0.3, -0.25) is 9.36 Å². The number of esters is 1. The Morgan fingerprint density at radius 2 is 1.96 bits per heavy atom. The highest BCUT2D eigenvalue weighted by molar-refractivity contribution is 7.57. The lowest BCUT2D eigenvalue weighted by molar-refractivity contribution is -0.149. The molecule has 3 N–H and O–H groups in total. The fourth-order valence-corrected chi connectivity index (χ4v) is 4.08. The van der Waals surface area contributed by atoms with Crippen molar-refractivity contribution in [3.8, 4) is 5.75 Å². The number of nitrogens with one attached hydrogen (secondary N) is 1. The van der Waals surface area contributed by atoms with Gasteiger partial charge in [0.2, 0.25) is 0 Å². The smallest absolute Gasteiger partial charge is 0.342 e. The zero-order valence-electron chi connectivity index (χ0n) is 13.8. The van der Waals surface area contributed by atoms with Gasteiger partial charge in [-0.2, -0.15) is 0 Å². The van der Waals surface area contributed by atoms with Gasteiger partial charge in [0.05, 0.1) is 16.8 Å². The standard InChI is InChI=1S/C14H21Cl2N2O5P/c1-8(2)22-14(19)9(3)18-24(20,7-21-4)23-13-11(16)5-10(15)6-12(13)17/h5-6,8-9H,7,17H2,1-4H3,(H,18,20)/t9-,24?/m0/s1. The third kappa shape index (κ3) is 6.15. The molecule has 0 fully saturated rings. The van der Waals surface area contributed by atoms with Crippen molar-refractivity contribution in [2.24, 2.45) is 0 Å². The number of hydrogen-bond acceptors (Lipinski definition) is 6. The summed E-state index contributed by atoms with van der Waals surface area (Å²) in [5.74, 6) is -0.571. The SMILES string of the molecule is COCP(=O)(N[C@@H](C)C(=O)OC(C)C)Oc1c(N)cc(Cl)cc1Cl. The minimum atomic E-state index is -3.64. The van der Waals surface area contributed by atoms with Crippen molar-refractivity contribution >= 4 is 42.4 Å². The number of carbonyl (C=O) groups is 1. The highest BCUT2D eigenvalue weighted by Crippen LogP contribution is 2.48. The molecule has 0 radical (unpaired) electrons. The molecule has 0 aliphatic heterocycles. The Morgan fingerprint density at radius 1 is 1.33 bits per heavy atom. The van der Waals surface area contributed by atoms with Crippen LogP contribution in [0.3, 0.4) is 0 Å². The predicted molar refractivity (Wildman–Crippen MR) is 94.8 cm³/mol. The van der Waals surface area contributed by atoms with E-state index < -0.39 is 19.5 Å². The maximum Gasteiger partial charge on any atom is 0.342 e. The Kier molecular flexibility index (Phi) is 7.83. The Morgan fingerprint density at radius 3 is 2.46 bits per heavy atom. The first-order valence-corrected chi connectivity index (χ1v) is 9.65. The highest BCUT2D eigenvalue weighted by atomic mass is 35.5. The summed E-state index contributed by atoms with van der Waals surface area (Å²) < 4.78 is 28.4. The van der Waals surface area contributed by atoms with Crippen LogP contribution >= 0.6 is 30.7 Å². The van der Waals surface area contributed by atoms with Crippen molar-refractivity contribution in [1.29, 1.82) is 0 Å². The van der Waals surface area contributed by atoms with Crippen LogP contribution in [0.1, 0.15) is 20.8 Å². The van der Waals surface area contributed by atoms with E-state index in [1.165, 1.54) is 26.2 Å². The van der Waals surface area contributed by atoms with Crippen molar-refractivity contribution in [2.45, 2.75) is 32.9 Å². The molecule has 0 aliphatic carbocycles. The normalized spacial score (nSPS) is 15.0. The van der Waals surface area contributed by atoms with Gasteiger partial charge < -0.3 is 19.7 Å². The van der Waals surface area contributed by atoms with Crippen LogP contribution in [0.2, 0.25) is 10.0 Å². The molecule has 7 nitrogen and oxygen atoms in total. The van der Waals surface area contributed by atoms with Crippen LogP contribution in [0.5, 0.6) is 5.75 Å². The van der Waals surface area contributed by atoms with Crippen molar-refractivity contribution in [1.82, 2.24) is 5.09 Å². The van der Waals surface area contributed by atoms with Gasteiger partial charge in [0.1, 0.15) is 12.4 Å². The van der Waals surface area contributed by atoms with Crippen LogP contribution in [-0.2, 0) is 18.8 Å². The first kappa shape index (κ1) is 21.1. The molecule has 1 rings (SSSR count). The van der Waals surface area contributed by atoms with Crippen LogP contribution in [0.4, 0.5) is 5.69 Å². The van der Waals surface area contributed by atoms with Crippen molar-refractivity contribution in [3.05, 3.63) is 22.2 Å². The minimum Gasteiger partial charge on any atom is -0.462 e. The number of carbonyl (C=O) groups excluding carboxylic acids is 1. The monoisotopic (exact) mass is 398 g/mol. The topological polar surface area (TPSA) is 99.9 Å². The van der Waals surface area contributed by atoms with Crippen LogP contribution in [-0.4, -0.2) is 31.6 Å². The zero-order chi connectivity index (χ0) is 18.5. The highest BCUT2D eigenvalue weighted by Gasteiger charge is 2.32. The number of nitrogen functional groups attached to an aromatic ring is 1. The quantitative estimate of drug-likeness (QED) is 0.391. The molecule has 0 bridgehead atoms. The van der Waals surface area contributed by atoms with Gasteiger partial charge in [0.25, 0.3) is 0 Å². The van der Waals surface area contributed by atoms with E-state index in [9.17, 15) is 9.36 Å². The second-order valence-electron chi connectivity index (χ2n) is 5.32. The lowest BCUT2D eigenvalue weighted by Crippen LogP contribution is -2.36. The number of halogens is 2. The summed E-state index contributed by atoms with van der Waals surface area (Å²) in [6.07, 6.45) is -0.601. The molecule has 0 aliphatic rings. The van der Waals surface area contributed by atoms with Crippen molar-refractivity contribution in [2.75, 3.05) is 19.2 Å². The molecule has 0 heterocycles. The van der Waals surface area contributed by atoms with E-state index in [0.717, 1.165) is 0 Å². The van der Waals surface area contributed by atoms with Crippen molar-refractivity contribution < 1.29 is 23.4 Å². The third-order valence-corrected chi connectivity index (χ3v) is 5.03. The second-order valence-corrected chi connectivity index (χ2v) is 8.21. The first-order valence-electron chi connectivity index (χ1n) is 7.08. The summed E-state index contributed by atoms with van der Waals surface area (Å²) in [5, 5.41) is 3.01. The Labute approximate surface area is 151 Å². The van der Waals surface area contributed by atoms with E-state index >= 15 is 0 Å². The van der Waals surface area contributed by atoms with Gasteiger partial charge in [0.15, 0.2) is 5.75 Å². The molecular weight excluding hydrogens is 378 g/mol. The largest absolute Gasteiger partial charge is 0.462 e. The predicted octanol–water partition coefficient (Wildman–Crippen LogP) is 3.68. The molecule has 136 valence electrons. The fourth-order valence-electron chi connectivity index (χ4n) is 1.77. The van der Waals surface area contributed by atoms with E-state index in [0.29, 0.717) is 5.02 Å². The van der Waals surface area contributed by atoms with E-state index in [4.69, 9.17) is 42.9 Å². The summed E-state index contributed by atoms with van der Waals surface area (Å²) in [6.45, 7) is 4.93. The van der Waals surface area contributed by atoms with Gasteiger partial charge >= 0.3 is 13.5 Å². The summed E-state index contributed by atoms with van der Waals surface area (Å²) in [4.78, 5) is 11.9. The minimum absolute atomic E-state index is 0.00150. The zero-order valence-corrected chi connectivity index (χ0v) is 16.2. The first-order chi connectivity index (χ1) is 11.1. The van der Waals surface area contributed by atoms with Crippen molar-refractivity contribution in [3.63, 3.8) is 0 Å². The number of rotatable bonds is 8. The molecule has 0 saturated carbocycles. The number of hydrogen-bond donors (Lipinski definition) is 2. The Hall–Kier alpha value is -0.980. The molecule has 1 aromatic carbocycles. The van der Waals surface area contributed by atoms with Gasteiger partial charge in [-0.05, 0) is 32.9 Å². The molecule has 2 atom stereocenters. The van der Waals surface area contributed by atoms with E-state index in [-0.39, 0.29) is 28.9 Å². The Bertz CT molecular complexity index is 619. The van der Waals surface area contributed by atoms with Gasteiger partial charge in [0, 0.05) is 12.1 Å². The fraction of sp³-hybridized carbons (Fsp3) is 0.500. The van der Waals surface area contributed by atoms with Gasteiger partial charge in [-0.1, -0.05) is 23.2 Å². The second kappa shape index (κ2) is 8.92. The summed E-state index contributed by atoms with van der Waals surface area (Å²) in [5.41, 5.74) is 5.92. The van der Waals surface area contributed by atoms with E-state index in [2.05, 4.69) is 5.09 Å². The molecule has 10 heteroatoms. The molecule has 0 amide bonds. The maximum absolute atomic E-state index is 13.0.